The van der Waals surface area contributed by atoms with Crippen molar-refractivity contribution in [3.8, 4) is 5.75 Å². The van der Waals surface area contributed by atoms with Gasteiger partial charge in [0, 0.05) is 19.2 Å². The van der Waals surface area contributed by atoms with Crippen LogP contribution < -0.4 is 19.9 Å². The summed E-state index contributed by atoms with van der Waals surface area (Å²) in [6, 6.07) is 4.34. The van der Waals surface area contributed by atoms with E-state index in [1.165, 1.54) is 32.1 Å². The number of amides is 1. The normalized spacial score (nSPS) is 19.4. The van der Waals surface area contributed by atoms with E-state index in [0.717, 1.165) is 25.1 Å². The van der Waals surface area contributed by atoms with Crippen molar-refractivity contribution in [1.82, 2.24) is 9.97 Å². The van der Waals surface area contributed by atoms with E-state index in [1.54, 1.807) is 24.2 Å². The van der Waals surface area contributed by atoms with Gasteiger partial charge in [0.1, 0.15) is 23.3 Å². The summed E-state index contributed by atoms with van der Waals surface area (Å²) < 4.78 is 18.8. The first-order chi connectivity index (χ1) is 14.0. The summed E-state index contributed by atoms with van der Waals surface area (Å²) in [6.45, 7) is 2.03. The Balaban J connectivity index is 1.74. The second-order valence-electron chi connectivity index (χ2n) is 7.54. The van der Waals surface area contributed by atoms with Crippen LogP contribution in [0.5, 0.6) is 5.75 Å². The van der Waals surface area contributed by atoms with Crippen molar-refractivity contribution in [3.05, 3.63) is 30.2 Å². The number of nitrogens with zero attached hydrogens (tertiary/aromatic N) is 4. The molecule has 0 bridgehead atoms. The maximum atomic E-state index is 13.5. The van der Waals surface area contributed by atoms with Crippen molar-refractivity contribution in [2.45, 2.75) is 51.1 Å². The molecule has 2 heterocycles. The molecule has 8 heteroatoms. The third kappa shape index (κ3) is 3.47. The lowest BCUT2D eigenvalue weighted by atomic mass is 10.0. The first-order valence-corrected chi connectivity index (χ1v) is 10.1. The smallest absolute Gasteiger partial charge is 0.249 e. The highest BCUT2D eigenvalue weighted by Gasteiger charge is 2.41. The molecular weight excluding hydrogens is 373 g/mol. The predicted molar refractivity (Wildman–Crippen MR) is 110 cm³/mol. The molecule has 4 rings (SSSR count). The average molecular weight is 399 g/mol. The number of nitrogens with one attached hydrogen (secondary N) is 1. The van der Waals surface area contributed by atoms with Gasteiger partial charge in [0.25, 0.3) is 0 Å². The molecule has 1 atom stereocenters. The van der Waals surface area contributed by atoms with Gasteiger partial charge in [-0.05, 0) is 31.4 Å². The number of fused-ring (bicyclic) bond motifs is 1. The molecule has 1 amide bonds. The van der Waals surface area contributed by atoms with Crippen molar-refractivity contribution in [2.75, 3.05) is 29.3 Å². The van der Waals surface area contributed by atoms with Crippen LogP contribution in [-0.4, -0.2) is 42.1 Å². The van der Waals surface area contributed by atoms with E-state index in [1.807, 2.05) is 6.92 Å². The molecule has 29 heavy (non-hydrogen) atoms. The second kappa shape index (κ2) is 7.85. The lowest BCUT2D eigenvalue weighted by molar-refractivity contribution is -0.120. The van der Waals surface area contributed by atoms with Crippen molar-refractivity contribution >= 4 is 29.0 Å². The summed E-state index contributed by atoms with van der Waals surface area (Å²) in [6.07, 6.45) is 6.85. The molecule has 1 fully saturated rings. The van der Waals surface area contributed by atoms with Crippen LogP contribution >= 0.6 is 0 Å². The first kappa shape index (κ1) is 19.4. The molecule has 7 nitrogen and oxygen atoms in total. The van der Waals surface area contributed by atoms with Crippen molar-refractivity contribution in [2.24, 2.45) is 0 Å². The van der Waals surface area contributed by atoms with E-state index < -0.39 is 0 Å². The third-order valence-electron chi connectivity index (χ3n) is 5.82. The van der Waals surface area contributed by atoms with Gasteiger partial charge in [-0.2, -0.15) is 4.98 Å². The number of halogens is 1. The highest BCUT2D eigenvalue weighted by atomic mass is 19.1. The number of aromatic nitrogens is 2. The highest BCUT2D eigenvalue weighted by molar-refractivity contribution is 6.04. The third-order valence-corrected chi connectivity index (χ3v) is 5.82. The van der Waals surface area contributed by atoms with E-state index in [0.29, 0.717) is 29.1 Å². The number of rotatable bonds is 5. The standard InChI is InChI=1S/C21H26FN5O2/c1-4-16-20(28)26(2)17-12-23-21(24-15-10-9-13(22)11-18(15)29-3)25-19(17)27(16)14-7-5-6-8-14/h9-12,14,16H,4-8H2,1-3H3,(H,23,24,25)/t16-/m1/s1. The summed E-state index contributed by atoms with van der Waals surface area (Å²) in [5.74, 6) is 1.23. The molecule has 0 spiro atoms. The summed E-state index contributed by atoms with van der Waals surface area (Å²) in [5, 5.41) is 3.13. The summed E-state index contributed by atoms with van der Waals surface area (Å²) in [7, 11) is 3.26. The van der Waals surface area contributed by atoms with Gasteiger partial charge < -0.3 is 19.9 Å². The molecule has 1 N–H and O–H groups in total. The molecule has 1 saturated carbocycles. The van der Waals surface area contributed by atoms with Crippen molar-refractivity contribution in [3.63, 3.8) is 0 Å². The summed E-state index contributed by atoms with van der Waals surface area (Å²) in [4.78, 5) is 25.9. The zero-order chi connectivity index (χ0) is 20.5. The molecule has 1 aromatic heterocycles. The van der Waals surface area contributed by atoms with Gasteiger partial charge in [-0.15, -0.1) is 0 Å². The highest BCUT2D eigenvalue weighted by Crippen LogP contribution is 2.40. The van der Waals surface area contributed by atoms with Crippen LogP contribution in [0.3, 0.4) is 0 Å². The average Bonchev–Trinajstić information content (AvgIpc) is 3.26. The molecule has 154 valence electrons. The fourth-order valence-electron chi connectivity index (χ4n) is 4.33. The van der Waals surface area contributed by atoms with Gasteiger partial charge in [-0.3, -0.25) is 4.79 Å². The van der Waals surface area contributed by atoms with E-state index >= 15 is 0 Å². The maximum absolute atomic E-state index is 13.5. The lowest BCUT2D eigenvalue weighted by Gasteiger charge is -2.43. The first-order valence-electron chi connectivity index (χ1n) is 10.1. The van der Waals surface area contributed by atoms with Crippen LogP contribution in [-0.2, 0) is 4.79 Å². The van der Waals surface area contributed by atoms with Crippen LogP contribution in [0.25, 0.3) is 0 Å². The number of likely N-dealkylation sites (N-methyl/N-ethyl adjacent to an activating group) is 1. The molecule has 0 saturated heterocycles. The largest absolute Gasteiger partial charge is 0.494 e. The number of anilines is 4. The number of carbonyl (C=O) groups excluding carboxylic acids is 1. The molecule has 1 aliphatic carbocycles. The van der Waals surface area contributed by atoms with Crippen LogP contribution in [0, 0.1) is 5.82 Å². The molecular formula is C21H26FN5O2. The predicted octanol–water partition coefficient (Wildman–Crippen LogP) is 3.87. The van der Waals surface area contributed by atoms with E-state index in [2.05, 4.69) is 15.2 Å². The lowest BCUT2D eigenvalue weighted by Crippen LogP contribution is -2.55. The van der Waals surface area contributed by atoms with E-state index in [9.17, 15) is 9.18 Å². The van der Waals surface area contributed by atoms with Crippen molar-refractivity contribution < 1.29 is 13.9 Å². The Labute approximate surface area is 169 Å². The molecule has 1 aromatic carbocycles. The number of benzene rings is 1. The zero-order valence-electron chi connectivity index (χ0n) is 17.0. The van der Waals surface area contributed by atoms with E-state index in [-0.39, 0.29) is 17.8 Å². The van der Waals surface area contributed by atoms with Crippen LogP contribution in [0.4, 0.5) is 27.5 Å². The Morgan fingerprint density at radius 3 is 2.76 bits per heavy atom. The van der Waals surface area contributed by atoms with Gasteiger partial charge in [0.05, 0.1) is 19.0 Å². The van der Waals surface area contributed by atoms with E-state index in [4.69, 9.17) is 9.72 Å². The fraction of sp³-hybridized carbons (Fsp3) is 0.476. The summed E-state index contributed by atoms with van der Waals surface area (Å²) in [5.41, 5.74) is 1.29. The fourth-order valence-corrected chi connectivity index (χ4v) is 4.33. The van der Waals surface area contributed by atoms with Crippen LogP contribution in [0.2, 0.25) is 0 Å². The molecule has 1 aliphatic heterocycles. The minimum atomic E-state index is -0.378. The number of hydrogen-bond donors (Lipinski definition) is 1. The molecule has 2 aliphatic rings. The van der Waals surface area contributed by atoms with Crippen LogP contribution in [0.1, 0.15) is 39.0 Å². The number of ether oxygens (including phenoxy) is 1. The quantitative estimate of drug-likeness (QED) is 0.823. The minimum Gasteiger partial charge on any atom is -0.494 e. The Morgan fingerprint density at radius 1 is 1.31 bits per heavy atom. The SMILES string of the molecule is CC[C@@H]1C(=O)N(C)c2cnc(Nc3ccc(F)cc3OC)nc2N1C1CCCC1. The molecule has 2 aromatic rings. The minimum absolute atomic E-state index is 0.0800. The zero-order valence-corrected chi connectivity index (χ0v) is 17.0. The van der Waals surface area contributed by atoms with Gasteiger partial charge >= 0.3 is 0 Å². The summed E-state index contributed by atoms with van der Waals surface area (Å²) >= 11 is 0. The maximum Gasteiger partial charge on any atom is 0.249 e. The Hall–Kier alpha value is -2.90. The van der Waals surface area contributed by atoms with Gasteiger partial charge in [-0.25, -0.2) is 9.37 Å². The van der Waals surface area contributed by atoms with Gasteiger partial charge in [0.15, 0.2) is 5.82 Å². The van der Waals surface area contributed by atoms with Gasteiger partial charge in [-0.1, -0.05) is 19.8 Å². The van der Waals surface area contributed by atoms with Crippen LogP contribution in [0.15, 0.2) is 24.4 Å². The Morgan fingerprint density at radius 2 is 2.07 bits per heavy atom. The van der Waals surface area contributed by atoms with Crippen molar-refractivity contribution in [1.29, 1.82) is 0 Å². The van der Waals surface area contributed by atoms with Gasteiger partial charge in [0.2, 0.25) is 11.9 Å². The number of carbonyl (C=O) groups is 1. The second-order valence-corrected chi connectivity index (χ2v) is 7.54. The molecule has 0 radical (unpaired) electrons. The Bertz CT molecular complexity index is 916. The number of hydrogen-bond acceptors (Lipinski definition) is 6. The molecule has 0 unspecified atom stereocenters. The monoisotopic (exact) mass is 399 g/mol. The Kier molecular flexibility index (Phi) is 5.25. The topological polar surface area (TPSA) is 70.6 Å². The number of methoxy groups -OCH3 is 1.